The number of rotatable bonds is 5. The molecule has 0 saturated carbocycles. The number of hydrogen-bond acceptors (Lipinski definition) is 4. The number of nitrogens with two attached hydrogens (primary N) is 1. The molecule has 0 radical (unpaired) electrons. The maximum absolute atomic E-state index is 12.8. The average molecular weight is 424 g/mol. The number of anilines is 1. The number of piperidine rings is 1. The van der Waals surface area contributed by atoms with E-state index in [0.29, 0.717) is 24.3 Å². The number of nitrogens with zero attached hydrogens (tertiary/aromatic N) is 1. The van der Waals surface area contributed by atoms with Crippen molar-refractivity contribution in [2.24, 2.45) is 5.73 Å². The molecule has 3 rings (SSSR count). The van der Waals surface area contributed by atoms with Crippen LogP contribution in [0.4, 0.5) is 5.69 Å². The Morgan fingerprint density at radius 3 is 2.36 bits per heavy atom. The largest absolute Gasteiger partial charge is 0.334 e. The second-order valence-electron chi connectivity index (χ2n) is 6.88. The molecule has 8 heteroatoms. The Morgan fingerprint density at radius 2 is 1.75 bits per heavy atom. The van der Waals surface area contributed by atoms with E-state index in [1.54, 1.807) is 29.2 Å². The zero-order chi connectivity index (χ0) is 19.4. The lowest BCUT2D eigenvalue weighted by atomic mass is 10.0. The van der Waals surface area contributed by atoms with Crippen LogP contribution in [0.25, 0.3) is 0 Å². The molecule has 1 saturated heterocycles. The number of amides is 1. The normalized spacial score (nSPS) is 16.9. The summed E-state index contributed by atoms with van der Waals surface area (Å²) in [6.07, 6.45) is 2.96. The maximum Gasteiger partial charge on any atom is 0.261 e. The van der Waals surface area contributed by atoms with Gasteiger partial charge in [0, 0.05) is 30.4 Å². The highest BCUT2D eigenvalue weighted by molar-refractivity contribution is 7.92. The Morgan fingerprint density at radius 1 is 1.11 bits per heavy atom. The van der Waals surface area contributed by atoms with Crippen molar-refractivity contribution in [2.75, 3.05) is 17.8 Å². The highest BCUT2D eigenvalue weighted by Crippen LogP contribution is 2.21. The van der Waals surface area contributed by atoms with Crippen molar-refractivity contribution in [3.05, 3.63) is 59.7 Å². The Bertz CT molecular complexity index is 899. The molecule has 152 valence electrons. The van der Waals surface area contributed by atoms with E-state index in [1.165, 1.54) is 12.1 Å². The van der Waals surface area contributed by atoms with Crippen LogP contribution in [0.1, 0.15) is 35.2 Å². The smallest absolute Gasteiger partial charge is 0.261 e. The van der Waals surface area contributed by atoms with E-state index in [4.69, 9.17) is 5.73 Å². The molecule has 0 spiro atoms. The van der Waals surface area contributed by atoms with E-state index in [9.17, 15) is 13.2 Å². The zero-order valence-corrected chi connectivity index (χ0v) is 17.4. The van der Waals surface area contributed by atoms with Gasteiger partial charge in [-0.2, -0.15) is 0 Å². The Labute approximate surface area is 172 Å². The molecule has 1 aliphatic rings. The Balaban J connectivity index is 0.00000280. The van der Waals surface area contributed by atoms with Gasteiger partial charge in [-0.05, 0) is 62.6 Å². The van der Waals surface area contributed by atoms with Gasteiger partial charge in [-0.1, -0.05) is 17.7 Å². The van der Waals surface area contributed by atoms with Crippen molar-refractivity contribution in [3.63, 3.8) is 0 Å². The van der Waals surface area contributed by atoms with Crippen molar-refractivity contribution >= 4 is 34.0 Å². The third-order valence-electron chi connectivity index (χ3n) is 4.88. The van der Waals surface area contributed by atoms with Crippen molar-refractivity contribution in [1.29, 1.82) is 0 Å². The van der Waals surface area contributed by atoms with E-state index in [-0.39, 0.29) is 29.3 Å². The summed E-state index contributed by atoms with van der Waals surface area (Å²) >= 11 is 0. The van der Waals surface area contributed by atoms with Crippen LogP contribution < -0.4 is 10.5 Å². The number of carbonyl (C=O) groups excluding carboxylic acids is 1. The Kier molecular flexibility index (Phi) is 7.46. The molecular formula is C20H26ClN3O3S. The first kappa shape index (κ1) is 22.2. The second-order valence-corrected chi connectivity index (χ2v) is 8.56. The van der Waals surface area contributed by atoms with E-state index >= 15 is 0 Å². The van der Waals surface area contributed by atoms with Crippen molar-refractivity contribution in [2.45, 2.75) is 37.1 Å². The summed E-state index contributed by atoms with van der Waals surface area (Å²) in [4.78, 5) is 14.7. The standard InChI is InChI=1S/C20H25N3O3S.ClH/c1-15-5-9-17(10-6-15)22-27(25,26)19-11-7-16(8-12-19)20(24)23-13-3-2-4-18(23)14-21;/h5-12,18,22H,2-4,13-14,21H2,1H3;1H. The minimum absolute atomic E-state index is 0. The quantitative estimate of drug-likeness (QED) is 0.772. The number of carbonyl (C=O) groups is 1. The number of sulfonamides is 1. The number of benzene rings is 2. The fraction of sp³-hybridized carbons (Fsp3) is 0.350. The summed E-state index contributed by atoms with van der Waals surface area (Å²) < 4.78 is 27.6. The molecule has 6 nitrogen and oxygen atoms in total. The third-order valence-corrected chi connectivity index (χ3v) is 6.27. The van der Waals surface area contributed by atoms with Gasteiger partial charge < -0.3 is 10.6 Å². The average Bonchev–Trinajstić information content (AvgIpc) is 2.69. The molecule has 0 bridgehead atoms. The van der Waals surface area contributed by atoms with Crippen LogP contribution in [0.3, 0.4) is 0 Å². The fourth-order valence-electron chi connectivity index (χ4n) is 3.29. The first-order valence-corrected chi connectivity index (χ1v) is 10.6. The maximum atomic E-state index is 12.8. The predicted octanol–water partition coefficient (Wildman–Crippen LogP) is 3.17. The van der Waals surface area contributed by atoms with E-state index in [0.717, 1.165) is 24.8 Å². The molecule has 0 aliphatic carbocycles. The van der Waals surface area contributed by atoms with E-state index in [1.807, 2.05) is 19.1 Å². The topological polar surface area (TPSA) is 92.5 Å². The first-order chi connectivity index (χ1) is 12.9. The van der Waals surface area contributed by atoms with Gasteiger partial charge in [0.15, 0.2) is 0 Å². The number of nitrogens with one attached hydrogen (secondary N) is 1. The van der Waals surface area contributed by atoms with E-state index in [2.05, 4.69) is 4.72 Å². The lowest BCUT2D eigenvalue weighted by Crippen LogP contribution is -2.47. The molecule has 28 heavy (non-hydrogen) atoms. The molecule has 1 fully saturated rings. The molecule has 3 N–H and O–H groups in total. The Hall–Kier alpha value is -2.09. The summed E-state index contributed by atoms with van der Waals surface area (Å²) in [7, 11) is -3.70. The number of aryl methyl sites for hydroxylation is 1. The summed E-state index contributed by atoms with van der Waals surface area (Å²) in [6.45, 7) is 3.07. The molecular weight excluding hydrogens is 398 g/mol. The fourth-order valence-corrected chi connectivity index (χ4v) is 4.35. The van der Waals surface area contributed by atoms with Crippen LogP contribution in [0.15, 0.2) is 53.4 Å². The van der Waals surface area contributed by atoms with Gasteiger partial charge in [-0.15, -0.1) is 12.4 Å². The highest BCUT2D eigenvalue weighted by Gasteiger charge is 2.26. The van der Waals surface area contributed by atoms with Crippen molar-refractivity contribution < 1.29 is 13.2 Å². The number of halogens is 1. The van der Waals surface area contributed by atoms with Crippen molar-refractivity contribution in [3.8, 4) is 0 Å². The molecule has 1 amide bonds. The number of likely N-dealkylation sites (tertiary alicyclic amines) is 1. The minimum Gasteiger partial charge on any atom is -0.334 e. The minimum atomic E-state index is -3.70. The highest BCUT2D eigenvalue weighted by atomic mass is 35.5. The third kappa shape index (κ3) is 5.04. The van der Waals surface area contributed by atoms with Gasteiger partial charge in [0.2, 0.25) is 0 Å². The predicted molar refractivity (Wildman–Crippen MR) is 113 cm³/mol. The molecule has 1 heterocycles. The van der Waals surface area contributed by atoms with Crippen LogP contribution in [-0.2, 0) is 10.0 Å². The number of hydrogen-bond donors (Lipinski definition) is 2. The molecule has 1 aliphatic heterocycles. The van der Waals surface area contributed by atoms with Gasteiger partial charge >= 0.3 is 0 Å². The van der Waals surface area contributed by atoms with Crippen molar-refractivity contribution in [1.82, 2.24) is 4.90 Å². The molecule has 2 aromatic rings. The van der Waals surface area contributed by atoms with Crippen LogP contribution in [0.5, 0.6) is 0 Å². The van der Waals surface area contributed by atoms with Gasteiger partial charge in [-0.3, -0.25) is 9.52 Å². The zero-order valence-electron chi connectivity index (χ0n) is 15.8. The van der Waals surface area contributed by atoms with Crippen LogP contribution in [0, 0.1) is 6.92 Å². The van der Waals surface area contributed by atoms with Gasteiger partial charge in [0.25, 0.3) is 15.9 Å². The SMILES string of the molecule is Cc1ccc(NS(=O)(=O)c2ccc(C(=O)N3CCCCC3CN)cc2)cc1.Cl. The molecule has 2 aromatic carbocycles. The molecule has 1 unspecified atom stereocenters. The molecule has 0 aromatic heterocycles. The summed E-state index contributed by atoms with van der Waals surface area (Å²) in [5.41, 5.74) is 7.82. The monoisotopic (exact) mass is 423 g/mol. The van der Waals surface area contributed by atoms with Crippen LogP contribution >= 0.6 is 12.4 Å². The summed E-state index contributed by atoms with van der Waals surface area (Å²) in [5.74, 6) is -0.0967. The van der Waals surface area contributed by atoms with E-state index < -0.39 is 10.0 Å². The lowest BCUT2D eigenvalue weighted by molar-refractivity contribution is 0.0623. The molecule has 1 atom stereocenters. The van der Waals surface area contributed by atoms with Gasteiger partial charge in [0.05, 0.1) is 4.90 Å². The van der Waals surface area contributed by atoms with Gasteiger partial charge in [-0.25, -0.2) is 8.42 Å². The second kappa shape index (κ2) is 9.41. The summed E-state index contributed by atoms with van der Waals surface area (Å²) in [5, 5.41) is 0. The van der Waals surface area contributed by atoms with Crippen LogP contribution in [-0.4, -0.2) is 38.4 Å². The van der Waals surface area contributed by atoms with Crippen LogP contribution in [0.2, 0.25) is 0 Å². The van der Waals surface area contributed by atoms with Gasteiger partial charge in [0.1, 0.15) is 0 Å². The summed E-state index contributed by atoms with van der Waals surface area (Å²) in [6, 6.07) is 13.2. The first-order valence-electron chi connectivity index (χ1n) is 9.11. The lowest BCUT2D eigenvalue weighted by Gasteiger charge is -2.35.